The van der Waals surface area contributed by atoms with Crippen molar-refractivity contribution in [1.29, 1.82) is 0 Å². The van der Waals surface area contributed by atoms with Crippen LogP contribution in [-0.4, -0.2) is 32.2 Å². The molecule has 176 valence electrons. The van der Waals surface area contributed by atoms with Crippen molar-refractivity contribution in [3.8, 4) is 0 Å². The Hall–Kier alpha value is -4.34. The third kappa shape index (κ3) is 6.83. The first-order chi connectivity index (χ1) is 16.1. The molecule has 0 unspecified atom stereocenters. The molecule has 0 aliphatic heterocycles. The molecule has 0 aliphatic rings. The molecule has 0 aromatic heterocycles. The minimum Gasteiger partial charge on any atom is -0.378 e. The number of nitrogens with one attached hydrogen (secondary N) is 3. The van der Waals surface area contributed by atoms with E-state index in [0.29, 0.717) is 11.3 Å². The number of rotatable bonds is 6. The van der Waals surface area contributed by atoms with E-state index in [1.807, 2.05) is 43.3 Å². The van der Waals surface area contributed by atoms with Crippen LogP contribution in [0.3, 0.4) is 0 Å². The van der Waals surface area contributed by atoms with Gasteiger partial charge in [-0.3, -0.25) is 4.79 Å². The number of hydrogen-bond donors (Lipinski definition) is 3. The number of hydrazone groups is 1. The van der Waals surface area contributed by atoms with Gasteiger partial charge in [-0.15, -0.1) is 0 Å². The molecule has 10 heteroatoms. The van der Waals surface area contributed by atoms with E-state index < -0.39 is 23.7 Å². The number of alkyl halides is 3. The standard InChI is InChI=1S/C24H22F3N5O2/c1-32(2)21-12-6-16(7-13-21)15-28-31-22(33)17-8-10-19(11-9-17)29-23(34)30-20-5-3-4-18(14-20)24(25,26)27/h3-15H,1-2H3,(H,31,33)(H2,29,30,34)/b28-15+. The Morgan fingerprint density at radius 3 is 2.15 bits per heavy atom. The Kier molecular flexibility index (Phi) is 7.52. The maximum atomic E-state index is 12.8. The van der Waals surface area contributed by atoms with Gasteiger partial charge in [-0.05, 0) is 60.2 Å². The number of nitrogens with zero attached hydrogens (tertiary/aromatic N) is 2. The molecule has 0 heterocycles. The van der Waals surface area contributed by atoms with E-state index in [-0.39, 0.29) is 5.69 Å². The van der Waals surface area contributed by atoms with Crippen LogP contribution in [0.25, 0.3) is 0 Å². The van der Waals surface area contributed by atoms with E-state index in [9.17, 15) is 22.8 Å². The smallest absolute Gasteiger partial charge is 0.378 e. The van der Waals surface area contributed by atoms with Crippen molar-refractivity contribution in [3.05, 3.63) is 89.5 Å². The fraction of sp³-hybridized carbons (Fsp3) is 0.125. The number of benzene rings is 3. The highest BCUT2D eigenvalue weighted by Crippen LogP contribution is 2.30. The number of carbonyl (C=O) groups is 2. The Morgan fingerprint density at radius 2 is 1.53 bits per heavy atom. The van der Waals surface area contributed by atoms with Crippen LogP contribution in [0.4, 0.5) is 35.0 Å². The topological polar surface area (TPSA) is 85.8 Å². The van der Waals surface area contributed by atoms with Crippen LogP contribution in [0.2, 0.25) is 0 Å². The first-order valence-corrected chi connectivity index (χ1v) is 10.1. The lowest BCUT2D eigenvalue weighted by atomic mass is 10.2. The first kappa shape index (κ1) is 24.3. The van der Waals surface area contributed by atoms with Gasteiger partial charge in [0.25, 0.3) is 5.91 Å². The van der Waals surface area contributed by atoms with Gasteiger partial charge in [-0.1, -0.05) is 18.2 Å². The second kappa shape index (κ2) is 10.5. The molecule has 3 aromatic carbocycles. The summed E-state index contributed by atoms with van der Waals surface area (Å²) in [6.07, 6.45) is -2.99. The molecule has 3 N–H and O–H groups in total. The Bertz CT molecular complexity index is 1170. The molecule has 0 atom stereocenters. The minimum absolute atomic E-state index is 0.00228. The highest BCUT2D eigenvalue weighted by Gasteiger charge is 2.30. The van der Waals surface area contributed by atoms with Crippen LogP contribution >= 0.6 is 0 Å². The highest BCUT2D eigenvalue weighted by atomic mass is 19.4. The number of halogens is 3. The summed E-state index contributed by atoms with van der Waals surface area (Å²) in [7, 11) is 3.87. The quantitative estimate of drug-likeness (QED) is 0.344. The van der Waals surface area contributed by atoms with Crippen LogP contribution in [-0.2, 0) is 6.18 Å². The molecular weight excluding hydrogens is 447 g/mol. The lowest BCUT2D eigenvalue weighted by Crippen LogP contribution is -2.20. The molecule has 0 aliphatic carbocycles. The SMILES string of the molecule is CN(C)c1ccc(/C=N/NC(=O)c2ccc(NC(=O)Nc3cccc(C(F)(F)F)c3)cc2)cc1. The summed E-state index contributed by atoms with van der Waals surface area (Å²) in [5.74, 6) is -0.443. The first-order valence-electron chi connectivity index (χ1n) is 10.1. The average molecular weight is 469 g/mol. The summed E-state index contributed by atoms with van der Waals surface area (Å²) >= 11 is 0. The Morgan fingerprint density at radius 1 is 0.882 bits per heavy atom. The molecule has 3 rings (SSSR count). The number of hydrogen-bond acceptors (Lipinski definition) is 4. The molecule has 3 amide bonds. The summed E-state index contributed by atoms with van der Waals surface area (Å²) in [6, 6.07) is 17.1. The zero-order valence-corrected chi connectivity index (χ0v) is 18.4. The summed E-state index contributed by atoms with van der Waals surface area (Å²) < 4.78 is 38.4. The predicted octanol–water partition coefficient (Wildman–Crippen LogP) is 5.18. The monoisotopic (exact) mass is 469 g/mol. The van der Waals surface area contributed by atoms with E-state index in [1.165, 1.54) is 42.6 Å². The van der Waals surface area contributed by atoms with Gasteiger partial charge in [0.1, 0.15) is 0 Å². The fourth-order valence-electron chi connectivity index (χ4n) is 2.86. The molecular formula is C24H22F3N5O2. The lowest BCUT2D eigenvalue weighted by molar-refractivity contribution is -0.137. The lowest BCUT2D eigenvalue weighted by Gasteiger charge is -2.11. The van der Waals surface area contributed by atoms with Gasteiger partial charge >= 0.3 is 12.2 Å². The second-order valence-electron chi connectivity index (χ2n) is 7.42. The largest absolute Gasteiger partial charge is 0.416 e. The van der Waals surface area contributed by atoms with Crippen LogP contribution in [0.5, 0.6) is 0 Å². The molecule has 0 bridgehead atoms. The summed E-state index contributed by atoms with van der Waals surface area (Å²) in [5, 5.41) is 8.77. The number of carbonyl (C=O) groups excluding carboxylic acids is 2. The van der Waals surface area contributed by atoms with Gasteiger partial charge in [0.05, 0.1) is 11.8 Å². The zero-order chi connectivity index (χ0) is 24.7. The van der Waals surface area contributed by atoms with Crippen molar-refractivity contribution in [2.24, 2.45) is 5.10 Å². The highest BCUT2D eigenvalue weighted by molar-refractivity contribution is 6.00. The van der Waals surface area contributed by atoms with Crippen molar-refractivity contribution < 1.29 is 22.8 Å². The summed E-state index contributed by atoms with van der Waals surface area (Å²) in [5.41, 5.74) is 4.07. The average Bonchev–Trinajstić information content (AvgIpc) is 2.79. The predicted molar refractivity (Wildman–Crippen MR) is 126 cm³/mol. The van der Waals surface area contributed by atoms with Crippen molar-refractivity contribution in [1.82, 2.24) is 5.43 Å². The van der Waals surface area contributed by atoms with Crippen molar-refractivity contribution in [3.63, 3.8) is 0 Å². The molecule has 7 nitrogen and oxygen atoms in total. The third-order valence-corrected chi connectivity index (χ3v) is 4.64. The maximum absolute atomic E-state index is 12.8. The summed E-state index contributed by atoms with van der Waals surface area (Å²) in [4.78, 5) is 26.3. The van der Waals surface area contributed by atoms with Gasteiger partial charge in [0.2, 0.25) is 0 Å². The Labute approximate surface area is 194 Å². The van der Waals surface area contributed by atoms with Crippen LogP contribution in [0, 0.1) is 0 Å². The molecule has 0 radical (unpaired) electrons. The van der Waals surface area contributed by atoms with E-state index in [4.69, 9.17) is 0 Å². The van der Waals surface area contributed by atoms with E-state index >= 15 is 0 Å². The Balaban J connectivity index is 1.53. The third-order valence-electron chi connectivity index (χ3n) is 4.64. The van der Waals surface area contributed by atoms with Crippen LogP contribution in [0.15, 0.2) is 77.9 Å². The molecule has 0 fully saturated rings. The van der Waals surface area contributed by atoms with Gasteiger partial charge in [-0.2, -0.15) is 18.3 Å². The zero-order valence-electron chi connectivity index (χ0n) is 18.4. The van der Waals surface area contributed by atoms with Crippen LogP contribution in [0.1, 0.15) is 21.5 Å². The summed E-state index contributed by atoms with van der Waals surface area (Å²) in [6.45, 7) is 0. The van der Waals surface area contributed by atoms with Gasteiger partial charge in [-0.25, -0.2) is 10.2 Å². The van der Waals surface area contributed by atoms with Gasteiger partial charge in [0.15, 0.2) is 0 Å². The number of anilines is 3. The molecule has 34 heavy (non-hydrogen) atoms. The second-order valence-corrected chi connectivity index (χ2v) is 7.42. The van der Waals surface area contributed by atoms with E-state index in [1.54, 1.807) is 0 Å². The molecule has 3 aromatic rings. The van der Waals surface area contributed by atoms with E-state index in [2.05, 4.69) is 21.2 Å². The van der Waals surface area contributed by atoms with Gasteiger partial charge < -0.3 is 15.5 Å². The van der Waals surface area contributed by atoms with E-state index in [0.717, 1.165) is 23.4 Å². The van der Waals surface area contributed by atoms with Crippen LogP contribution < -0.4 is 21.0 Å². The fourth-order valence-corrected chi connectivity index (χ4v) is 2.86. The van der Waals surface area contributed by atoms with Crippen molar-refractivity contribution in [2.75, 3.05) is 29.6 Å². The normalized spacial score (nSPS) is 11.2. The van der Waals surface area contributed by atoms with Crippen molar-refractivity contribution >= 4 is 35.2 Å². The maximum Gasteiger partial charge on any atom is 0.416 e. The molecule has 0 spiro atoms. The number of urea groups is 1. The van der Waals surface area contributed by atoms with Gasteiger partial charge in [0, 0.05) is 36.7 Å². The molecule has 0 saturated heterocycles. The number of amides is 3. The minimum atomic E-state index is -4.51. The van der Waals surface area contributed by atoms with Crippen molar-refractivity contribution in [2.45, 2.75) is 6.18 Å². The molecule has 0 saturated carbocycles.